The van der Waals surface area contributed by atoms with Gasteiger partial charge in [0, 0.05) is 0 Å². The Balaban J connectivity index is 3.22. The summed E-state index contributed by atoms with van der Waals surface area (Å²) in [7, 11) is 0. The molecule has 90 valence electrons. The van der Waals surface area contributed by atoms with Crippen LogP contribution >= 0.6 is 0 Å². The molecule has 0 aliphatic rings. The first-order valence-corrected chi connectivity index (χ1v) is 5.90. The van der Waals surface area contributed by atoms with Crippen molar-refractivity contribution in [3.8, 4) is 0 Å². The molecule has 1 aromatic rings. The lowest BCUT2D eigenvalue weighted by Crippen LogP contribution is -2.14. The minimum atomic E-state index is 0.119. The van der Waals surface area contributed by atoms with Gasteiger partial charge in [-0.05, 0) is 34.9 Å². The third kappa shape index (κ3) is 2.91. The highest BCUT2D eigenvalue weighted by Crippen LogP contribution is 2.31. The van der Waals surface area contributed by atoms with Gasteiger partial charge in [0.2, 0.25) is 0 Å². The summed E-state index contributed by atoms with van der Waals surface area (Å²) in [5.41, 5.74) is 16.0. The highest BCUT2D eigenvalue weighted by molar-refractivity contribution is 5.69. The summed E-state index contributed by atoms with van der Waals surface area (Å²) in [6, 6.07) is 4.20. The Labute approximate surface area is 99.0 Å². The third-order valence-corrected chi connectivity index (χ3v) is 2.79. The van der Waals surface area contributed by atoms with Crippen LogP contribution in [0, 0.1) is 5.92 Å². The quantitative estimate of drug-likeness (QED) is 0.751. The predicted octanol–water partition coefficient (Wildman–Crippen LogP) is 3.35. The SMILES string of the molecule is CC(C)Cc1cc(C(C)(C)C)cc(N)c1N. The zero-order valence-electron chi connectivity index (χ0n) is 11.1. The second-order valence-electron chi connectivity index (χ2n) is 5.99. The summed E-state index contributed by atoms with van der Waals surface area (Å²) in [6.07, 6.45) is 0.986. The summed E-state index contributed by atoms with van der Waals surface area (Å²) in [5.74, 6) is 0.594. The van der Waals surface area contributed by atoms with Crippen molar-refractivity contribution in [3.63, 3.8) is 0 Å². The number of hydrogen-bond acceptors (Lipinski definition) is 2. The van der Waals surface area contributed by atoms with E-state index in [0.717, 1.165) is 12.1 Å². The third-order valence-electron chi connectivity index (χ3n) is 2.79. The maximum absolute atomic E-state index is 6.02. The zero-order chi connectivity index (χ0) is 12.5. The van der Waals surface area contributed by atoms with E-state index in [0.29, 0.717) is 11.6 Å². The van der Waals surface area contributed by atoms with E-state index in [9.17, 15) is 0 Å². The van der Waals surface area contributed by atoms with Crippen LogP contribution in [0.1, 0.15) is 45.7 Å². The topological polar surface area (TPSA) is 52.0 Å². The Hall–Kier alpha value is -1.18. The van der Waals surface area contributed by atoms with Gasteiger partial charge in [-0.1, -0.05) is 40.7 Å². The van der Waals surface area contributed by atoms with Gasteiger partial charge in [-0.2, -0.15) is 0 Å². The van der Waals surface area contributed by atoms with Gasteiger partial charge in [-0.3, -0.25) is 0 Å². The van der Waals surface area contributed by atoms with Crippen molar-refractivity contribution in [1.29, 1.82) is 0 Å². The monoisotopic (exact) mass is 220 g/mol. The molecular weight excluding hydrogens is 196 g/mol. The molecule has 0 unspecified atom stereocenters. The molecule has 1 aromatic carbocycles. The molecular formula is C14H24N2. The summed E-state index contributed by atoms with van der Waals surface area (Å²) in [4.78, 5) is 0. The van der Waals surface area contributed by atoms with E-state index in [1.165, 1.54) is 11.1 Å². The molecule has 0 aromatic heterocycles. The van der Waals surface area contributed by atoms with Crippen LogP contribution in [-0.4, -0.2) is 0 Å². The fourth-order valence-corrected chi connectivity index (χ4v) is 1.78. The van der Waals surface area contributed by atoms with Crippen molar-refractivity contribution in [2.24, 2.45) is 5.92 Å². The molecule has 0 saturated carbocycles. The molecule has 2 nitrogen and oxygen atoms in total. The van der Waals surface area contributed by atoms with Crippen molar-refractivity contribution in [2.75, 3.05) is 11.5 Å². The maximum atomic E-state index is 6.02. The molecule has 0 aliphatic carbocycles. The van der Waals surface area contributed by atoms with Crippen LogP contribution in [0.15, 0.2) is 12.1 Å². The molecule has 2 heteroatoms. The smallest absolute Gasteiger partial charge is 0.0580 e. The summed E-state index contributed by atoms with van der Waals surface area (Å²) in [5, 5.41) is 0. The first-order valence-electron chi connectivity index (χ1n) is 5.90. The molecule has 0 heterocycles. The van der Waals surface area contributed by atoms with Crippen LogP contribution < -0.4 is 11.5 Å². The molecule has 0 aliphatic heterocycles. The van der Waals surface area contributed by atoms with E-state index in [1.54, 1.807) is 0 Å². The van der Waals surface area contributed by atoms with E-state index in [4.69, 9.17) is 11.5 Å². The van der Waals surface area contributed by atoms with Crippen LogP contribution in [-0.2, 0) is 11.8 Å². The van der Waals surface area contributed by atoms with E-state index in [-0.39, 0.29) is 5.41 Å². The van der Waals surface area contributed by atoms with Crippen LogP contribution in [0.5, 0.6) is 0 Å². The highest BCUT2D eigenvalue weighted by atomic mass is 14.7. The minimum absolute atomic E-state index is 0.119. The van der Waals surface area contributed by atoms with Gasteiger partial charge in [0.05, 0.1) is 11.4 Å². The number of benzene rings is 1. The van der Waals surface area contributed by atoms with Gasteiger partial charge in [0.15, 0.2) is 0 Å². The van der Waals surface area contributed by atoms with E-state index in [1.807, 2.05) is 6.07 Å². The van der Waals surface area contributed by atoms with Gasteiger partial charge < -0.3 is 11.5 Å². The van der Waals surface area contributed by atoms with Gasteiger partial charge in [-0.15, -0.1) is 0 Å². The molecule has 16 heavy (non-hydrogen) atoms. The van der Waals surface area contributed by atoms with Crippen LogP contribution in [0.2, 0.25) is 0 Å². The number of anilines is 2. The standard InChI is InChI=1S/C14H24N2/c1-9(2)6-10-7-11(14(3,4)5)8-12(15)13(10)16/h7-9H,6,15-16H2,1-5H3. The Morgan fingerprint density at radius 1 is 1.12 bits per heavy atom. The summed E-state index contributed by atoms with van der Waals surface area (Å²) < 4.78 is 0. The largest absolute Gasteiger partial charge is 0.397 e. The van der Waals surface area contributed by atoms with Crippen LogP contribution in [0.25, 0.3) is 0 Å². The van der Waals surface area contributed by atoms with Crippen molar-refractivity contribution < 1.29 is 0 Å². The average Bonchev–Trinajstić information content (AvgIpc) is 2.10. The lowest BCUT2D eigenvalue weighted by molar-refractivity contribution is 0.587. The summed E-state index contributed by atoms with van der Waals surface area (Å²) in [6.45, 7) is 11.0. The van der Waals surface area contributed by atoms with Crippen molar-refractivity contribution in [1.82, 2.24) is 0 Å². The fourth-order valence-electron chi connectivity index (χ4n) is 1.78. The first kappa shape index (κ1) is 12.9. The molecule has 0 atom stereocenters. The highest BCUT2D eigenvalue weighted by Gasteiger charge is 2.17. The Morgan fingerprint density at radius 2 is 1.69 bits per heavy atom. The lowest BCUT2D eigenvalue weighted by Gasteiger charge is -2.22. The second-order valence-corrected chi connectivity index (χ2v) is 5.99. The van der Waals surface area contributed by atoms with E-state index < -0.39 is 0 Å². The van der Waals surface area contributed by atoms with Crippen molar-refractivity contribution in [3.05, 3.63) is 23.3 Å². The van der Waals surface area contributed by atoms with Gasteiger partial charge in [-0.25, -0.2) is 0 Å². The molecule has 1 rings (SSSR count). The Bertz CT molecular complexity index is 373. The van der Waals surface area contributed by atoms with Crippen LogP contribution in [0.4, 0.5) is 11.4 Å². The molecule has 0 spiro atoms. The number of hydrogen-bond donors (Lipinski definition) is 2. The van der Waals surface area contributed by atoms with Gasteiger partial charge >= 0.3 is 0 Å². The molecule has 0 radical (unpaired) electrons. The molecule has 4 N–H and O–H groups in total. The predicted molar refractivity (Wildman–Crippen MR) is 72.5 cm³/mol. The molecule has 0 bridgehead atoms. The van der Waals surface area contributed by atoms with Crippen LogP contribution in [0.3, 0.4) is 0 Å². The molecule has 0 saturated heterocycles. The fraction of sp³-hybridized carbons (Fsp3) is 0.571. The normalized spacial score (nSPS) is 12.1. The number of rotatable bonds is 2. The minimum Gasteiger partial charge on any atom is -0.397 e. The second kappa shape index (κ2) is 4.36. The Morgan fingerprint density at radius 3 is 2.12 bits per heavy atom. The number of nitrogens with two attached hydrogens (primary N) is 2. The Kier molecular flexibility index (Phi) is 3.51. The van der Waals surface area contributed by atoms with Gasteiger partial charge in [0.1, 0.15) is 0 Å². The van der Waals surface area contributed by atoms with E-state index >= 15 is 0 Å². The van der Waals surface area contributed by atoms with Crippen molar-refractivity contribution in [2.45, 2.75) is 46.5 Å². The van der Waals surface area contributed by atoms with E-state index in [2.05, 4.69) is 40.7 Å². The lowest BCUT2D eigenvalue weighted by atomic mass is 9.84. The maximum Gasteiger partial charge on any atom is 0.0580 e. The molecule has 0 fully saturated rings. The number of nitrogen functional groups attached to an aromatic ring is 2. The van der Waals surface area contributed by atoms with Gasteiger partial charge in [0.25, 0.3) is 0 Å². The zero-order valence-corrected chi connectivity index (χ0v) is 11.1. The molecule has 0 amide bonds. The summed E-state index contributed by atoms with van der Waals surface area (Å²) >= 11 is 0. The average molecular weight is 220 g/mol. The first-order chi connectivity index (χ1) is 7.21. The van der Waals surface area contributed by atoms with Crippen molar-refractivity contribution >= 4 is 11.4 Å².